The third kappa shape index (κ3) is 6.47. The SMILES string of the molecule is [2H]C(O[C@H]1[C@H](OC(C)=O)[C@@H](COC(C)=O)OC(Cl)[C@@H]1OC(C)=O)c1ccccc1. The summed E-state index contributed by atoms with van der Waals surface area (Å²) in [6.45, 7) is 2.13. The molecule has 1 aliphatic heterocycles. The van der Waals surface area contributed by atoms with Crippen molar-refractivity contribution in [2.24, 2.45) is 0 Å². The Kier molecular flexibility index (Phi) is 7.64. The monoisotopic (exact) mass is 415 g/mol. The molecule has 0 bridgehead atoms. The second kappa shape index (κ2) is 10.4. The number of alkyl halides is 1. The first-order valence-corrected chi connectivity index (χ1v) is 9.02. The average Bonchev–Trinajstić information content (AvgIpc) is 2.65. The molecule has 8 nitrogen and oxygen atoms in total. The normalized spacial score (nSPS) is 28.6. The third-order valence-electron chi connectivity index (χ3n) is 3.79. The van der Waals surface area contributed by atoms with E-state index in [2.05, 4.69) is 0 Å². The standard InChI is InChI=1S/C19H23ClO8/c1-11(21)24-10-15-16(26-12(2)22)17(18(19(20)28-15)27-13(3)23)25-9-14-7-5-4-6-8-14/h4-8,15-19H,9-10H2,1-3H3/t15-,16-,17+,18-,19?/m1/s1/i9D/t9?,15-,16-,17+,18-,19?. The van der Waals surface area contributed by atoms with E-state index < -0.39 is 54.5 Å². The summed E-state index contributed by atoms with van der Waals surface area (Å²) in [5.74, 6) is -1.88. The van der Waals surface area contributed by atoms with Crippen molar-refractivity contribution >= 4 is 29.5 Å². The third-order valence-corrected chi connectivity index (χ3v) is 4.14. The molecule has 1 aromatic carbocycles. The Hall–Kier alpha value is -2.16. The van der Waals surface area contributed by atoms with Gasteiger partial charge in [0.15, 0.2) is 17.8 Å². The molecule has 28 heavy (non-hydrogen) atoms. The lowest BCUT2D eigenvalue weighted by Gasteiger charge is -2.43. The predicted octanol–water partition coefficient (Wildman–Crippen LogP) is 1.96. The Labute approximate surface area is 169 Å². The fourth-order valence-corrected chi connectivity index (χ4v) is 3.02. The van der Waals surface area contributed by atoms with Gasteiger partial charge in [0.25, 0.3) is 0 Å². The van der Waals surface area contributed by atoms with E-state index in [0.29, 0.717) is 5.56 Å². The van der Waals surface area contributed by atoms with Gasteiger partial charge in [0.1, 0.15) is 18.8 Å². The molecule has 6 atom stereocenters. The Morgan fingerprint density at radius 1 is 1.00 bits per heavy atom. The highest BCUT2D eigenvalue weighted by molar-refractivity contribution is 6.20. The number of esters is 3. The topological polar surface area (TPSA) is 97.4 Å². The maximum Gasteiger partial charge on any atom is 0.303 e. The summed E-state index contributed by atoms with van der Waals surface area (Å²) in [5, 5.41) is 0. The van der Waals surface area contributed by atoms with Crippen molar-refractivity contribution in [3.05, 3.63) is 35.9 Å². The van der Waals surface area contributed by atoms with Gasteiger partial charge in [-0.1, -0.05) is 41.9 Å². The fourth-order valence-electron chi connectivity index (χ4n) is 2.69. The van der Waals surface area contributed by atoms with E-state index in [-0.39, 0.29) is 6.61 Å². The largest absolute Gasteiger partial charge is 0.463 e. The molecule has 0 N–H and O–H groups in total. The Morgan fingerprint density at radius 3 is 2.18 bits per heavy atom. The second-order valence-electron chi connectivity index (χ2n) is 6.11. The Bertz CT molecular complexity index is 715. The molecule has 0 spiro atoms. The van der Waals surface area contributed by atoms with Gasteiger partial charge in [-0.2, -0.15) is 0 Å². The molecule has 1 saturated heterocycles. The first-order valence-electron chi connectivity index (χ1n) is 9.16. The van der Waals surface area contributed by atoms with Crippen LogP contribution in [0.1, 0.15) is 27.7 Å². The predicted molar refractivity (Wildman–Crippen MR) is 97.3 cm³/mol. The molecule has 1 aromatic rings. The maximum atomic E-state index is 11.7. The zero-order chi connectivity index (χ0) is 21.6. The molecular formula is C19H23ClO8. The number of benzene rings is 1. The van der Waals surface area contributed by atoms with Crippen LogP contribution in [-0.2, 0) is 44.7 Å². The van der Waals surface area contributed by atoms with Crippen LogP contribution in [0.4, 0.5) is 0 Å². The highest BCUT2D eigenvalue weighted by atomic mass is 35.5. The van der Waals surface area contributed by atoms with Crippen LogP contribution in [0.5, 0.6) is 0 Å². The summed E-state index contributed by atoms with van der Waals surface area (Å²) in [5.41, 5.74) is -0.649. The van der Waals surface area contributed by atoms with Gasteiger partial charge in [-0.15, -0.1) is 0 Å². The van der Waals surface area contributed by atoms with Gasteiger partial charge in [0.2, 0.25) is 0 Å². The highest BCUT2D eigenvalue weighted by Crippen LogP contribution is 2.31. The lowest BCUT2D eigenvalue weighted by molar-refractivity contribution is -0.243. The van der Waals surface area contributed by atoms with E-state index in [1.807, 2.05) is 0 Å². The number of halogens is 1. The van der Waals surface area contributed by atoms with E-state index in [4.69, 9.17) is 36.7 Å². The van der Waals surface area contributed by atoms with Gasteiger partial charge >= 0.3 is 17.9 Å². The molecule has 0 amide bonds. The zero-order valence-electron chi connectivity index (χ0n) is 16.7. The molecule has 1 heterocycles. The maximum absolute atomic E-state index is 11.7. The van der Waals surface area contributed by atoms with Crippen molar-refractivity contribution < 1.29 is 39.4 Å². The van der Waals surface area contributed by atoms with Gasteiger partial charge < -0.3 is 23.7 Å². The molecule has 2 rings (SSSR count). The van der Waals surface area contributed by atoms with Crippen LogP contribution >= 0.6 is 11.6 Å². The van der Waals surface area contributed by atoms with E-state index in [0.717, 1.165) is 0 Å². The van der Waals surface area contributed by atoms with Gasteiger partial charge in [-0.25, -0.2) is 0 Å². The second-order valence-corrected chi connectivity index (χ2v) is 6.54. The Balaban J connectivity index is 2.33. The zero-order valence-corrected chi connectivity index (χ0v) is 16.5. The molecule has 0 radical (unpaired) electrons. The first-order chi connectivity index (χ1) is 13.7. The molecule has 0 aromatic heterocycles. The molecule has 9 heteroatoms. The number of carbonyl (C=O) groups excluding carboxylic acids is 3. The quantitative estimate of drug-likeness (QED) is 0.378. The minimum Gasteiger partial charge on any atom is -0.463 e. The van der Waals surface area contributed by atoms with Crippen LogP contribution in [0.25, 0.3) is 0 Å². The van der Waals surface area contributed by atoms with E-state index in [1.54, 1.807) is 30.3 Å². The van der Waals surface area contributed by atoms with Crippen molar-refractivity contribution in [2.45, 2.75) is 57.3 Å². The smallest absolute Gasteiger partial charge is 0.303 e. The van der Waals surface area contributed by atoms with E-state index in [1.165, 1.54) is 20.8 Å². The Morgan fingerprint density at radius 2 is 1.61 bits per heavy atom. The minimum absolute atomic E-state index is 0.267. The van der Waals surface area contributed by atoms with E-state index >= 15 is 0 Å². The van der Waals surface area contributed by atoms with Crippen LogP contribution in [0.3, 0.4) is 0 Å². The molecule has 0 aliphatic carbocycles. The summed E-state index contributed by atoms with van der Waals surface area (Å²) >= 11 is 6.24. The van der Waals surface area contributed by atoms with Crippen molar-refractivity contribution in [1.29, 1.82) is 0 Å². The summed E-state index contributed by atoms with van der Waals surface area (Å²) in [6.07, 6.45) is -4.42. The molecule has 1 aliphatic rings. The number of ether oxygens (including phenoxy) is 5. The number of hydrogen-bond acceptors (Lipinski definition) is 8. The molecule has 0 saturated carbocycles. The van der Waals surface area contributed by atoms with Crippen molar-refractivity contribution in [3.8, 4) is 0 Å². The summed E-state index contributed by atoms with van der Waals surface area (Å²) < 4.78 is 35.3. The van der Waals surface area contributed by atoms with Crippen LogP contribution < -0.4 is 0 Å². The van der Waals surface area contributed by atoms with E-state index in [9.17, 15) is 14.4 Å². The van der Waals surface area contributed by atoms with Gasteiger partial charge in [-0.3, -0.25) is 14.4 Å². The molecule has 154 valence electrons. The molecule has 2 unspecified atom stereocenters. The number of hydrogen-bond donors (Lipinski definition) is 0. The highest BCUT2D eigenvalue weighted by Gasteiger charge is 2.50. The number of carbonyl (C=O) groups is 3. The van der Waals surface area contributed by atoms with Crippen molar-refractivity contribution in [2.75, 3.05) is 6.61 Å². The van der Waals surface area contributed by atoms with Crippen LogP contribution in [0, 0.1) is 0 Å². The average molecular weight is 416 g/mol. The molecular weight excluding hydrogens is 392 g/mol. The van der Waals surface area contributed by atoms with Gasteiger partial charge in [-0.05, 0) is 5.56 Å². The summed E-state index contributed by atoms with van der Waals surface area (Å²) in [6, 6.07) is 8.65. The van der Waals surface area contributed by atoms with Gasteiger partial charge in [0, 0.05) is 20.8 Å². The lowest BCUT2D eigenvalue weighted by Crippen LogP contribution is -2.60. The molecule has 1 fully saturated rings. The number of rotatable bonds is 7. The first kappa shape index (κ1) is 20.6. The minimum atomic E-state index is -1.19. The van der Waals surface area contributed by atoms with Crippen LogP contribution in [-0.4, -0.2) is 54.5 Å². The van der Waals surface area contributed by atoms with Gasteiger partial charge in [0.05, 0.1) is 7.95 Å². The summed E-state index contributed by atoms with van der Waals surface area (Å²) in [7, 11) is 0. The fraction of sp³-hybridized carbons (Fsp3) is 0.526. The van der Waals surface area contributed by atoms with Crippen molar-refractivity contribution in [1.82, 2.24) is 0 Å². The van der Waals surface area contributed by atoms with Crippen molar-refractivity contribution in [3.63, 3.8) is 0 Å². The van der Waals surface area contributed by atoms with Crippen LogP contribution in [0.2, 0.25) is 0 Å². The lowest BCUT2D eigenvalue weighted by atomic mass is 9.99. The summed E-state index contributed by atoms with van der Waals surface area (Å²) in [4.78, 5) is 34.4. The van der Waals surface area contributed by atoms with Crippen LogP contribution in [0.15, 0.2) is 30.3 Å².